The van der Waals surface area contributed by atoms with Crippen LogP contribution in [0.2, 0.25) is 0 Å². The molecule has 0 radical (unpaired) electrons. The Hall–Kier alpha value is -0.510. The molecule has 1 aromatic rings. The van der Waals surface area contributed by atoms with E-state index >= 15 is 0 Å². The smallest absolute Gasteiger partial charge is 0.0291 e. The van der Waals surface area contributed by atoms with Crippen molar-refractivity contribution in [2.24, 2.45) is 5.92 Å². The lowest BCUT2D eigenvalue weighted by Crippen LogP contribution is -2.27. The summed E-state index contributed by atoms with van der Waals surface area (Å²) in [6, 6.07) is 9.35. The quantitative estimate of drug-likeness (QED) is 0.823. The molecule has 0 aliphatic carbocycles. The molecule has 1 aromatic carbocycles. The lowest BCUT2D eigenvalue weighted by Gasteiger charge is -2.18. The predicted molar refractivity (Wildman–Crippen MR) is 80.2 cm³/mol. The third-order valence-electron chi connectivity index (χ3n) is 3.82. The molecule has 1 N–H and O–H groups in total. The van der Waals surface area contributed by atoms with Gasteiger partial charge in [-0.05, 0) is 63.4 Å². The van der Waals surface area contributed by atoms with Crippen molar-refractivity contribution in [3.63, 3.8) is 0 Å². The van der Waals surface area contributed by atoms with Crippen LogP contribution in [0.25, 0.3) is 0 Å². The van der Waals surface area contributed by atoms with E-state index in [9.17, 15) is 0 Å². The molecule has 3 heteroatoms. The molecular formula is C15H24N2S. The van der Waals surface area contributed by atoms with Gasteiger partial charge in [-0.2, -0.15) is 0 Å². The van der Waals surface area contributed by atoms with Crippen LogP contribution >= 0.6 is 11.8 Å². The second-order valence-corrected chi connectivity index (χ2v) is 6.20. The summed E-state index contributed by atoms with van der Waals surface area (Å²) in [6.07, 6.45) is 3.45. The van der Waals surface area contributed by atoms with Gasteiger partial charge in [0, 0.05) is 17.5 Å². The maximum absolute atomic E-state index is 3.67. The summed E-state index contributed by atoms with van der Waals surface area (Å²) < 4.78 is 0. The van der Waals surface area contributed by atoms with Gasteiger partial charge >= 0.3 is 0 Å². The molecule has 100 valence electrons. The molecule has 1 saturated heterocycles. The minimum atomic E-state index is 0.451. The van der Waals surface area contributed by atoms with Gasteiger partial charge in [0.05, 0.1) is 0 Å². The Labute approximate surface area is 115 Å². The second kappa shape index (κ2) is 6.60. The fraction of sp³-hybridized carbons (Fsp3) is 0.600. The van der Waals surface area contributed by atoms with Crippen molar-refractivity contribution in [1.29, 1.82) is 0 Å². The fourth-order valence-electron chi connectivity index (χ4n) is 2.55. The highest BCUT2D eigenvalue weighted by Crippen LogP contribution is 2.20. The van der Waals surface area contributed by atoms with E-state index in [1.807, 2.05) is 0 Å². The Morgan fingerprint density at radius 2 is 2.11 bits per heavy atom. The van der Waals surface area contributed by atoms with Crippen molar-refractivity contribution < 1.29 is 0 Å². The van der Waals surface area contributed by atoms with Crippen LogP contribution < -0.4 is 5.32 Å². The van der Waals surface area contributed by atoms with E-state index in [1.165, 1.54) is 30.0 Å². The Morgan fingerprint density at radius 3 is 2.67 bits per heavy atom. The van der Waals surface area contributed by atoms with E-state index in [0.717, 1.165) is 12.5 Å². The molecule has 1 heterocycles. The Bertz CT molecular complexity index is 363. The van der Waals surface area contributed by atoms with Gasteiger partial charge in [0.1, 0.15) is 0 Å². The van der Waals surface area contributed by atoms with Gasteiger partial charge in [0.25, 0.3) is 0 Å². The summed E-state index contributed by atoms with van der Waals surface area (Å²) >= 11 is 1.80. The van der Waals surface area contributed by atoms with Crippen LogP contribution in [0.15, 0.2) is 29.2 Å². The lowest BCUT2D eigenvalue weighted by molar-refractivity contribution is 0.382. The Kier molecular flexibility index (Phi) is 5.10. The molecule has 2 nitrogen and oxygen atoms in total. The minimum Gasteiger partial charge on any atom is -0.310 e. The molecule has 1 aliphatic rings. The highest BCUT2D eigenvalue weighted by molar-refractivity contribution is 7.98. The monoisotopic (exact) mass is 264 g/mol. The molecule has 1 aliphatic heterocycles. The Balaban J connectivity index is 1.81. The van der Waals surface area contributed by atoms with Gasteiger partial charge in [0.15, 0.2) is 0 Å². The largest absolute Gasteiger partial charge is 0.310 e. The van der Waals surface area contributed by atoms with E-state index in [-0.39, 0.29) is 0 Å². The van der Waals surface area contributed by atoms with Crippen LogP contribution in [-0.2, 0) is 0 Å². The third-order valence-corrected chi connectivity index (χ3v) is 4.56. The molecule has 2 unspecified atom stereocenters. The molecule has 0 bridgehead atoms. The molecule has 2 atom stereocenters. The summed E-state index contributed by atoms with van der Waals surface area (Å²) in [7, 11) is 2.21. The van der Waals surface area contributed by atoms with Crippen molar-refractivity contribution in [2.45, 2.75) is 24.3 Å². The molecule has 1 fully saturated rings. The van der Waals surface area contributed by atoms with Crippen LogP contribution in [0.5, 0.6) is 0 Å². The topological polar surface area (TPSA) is 15.3 Å². The fourth-order valence-corrected chi connectivity index (χ4v) is 2.96. The van der Waals surface area contributed by atoms with E-state index < -0.39 is 0 Å². The summed E-state index contributed by atoms with van der Waals surface area (Å²) in [5.41, 5.74) is 1.39. The van der Waals surface area contributed by atoms with Crippen LogP contribution in [-0.4, -0.2) is 37.8 Å². The summed E-state index contributed by atoms with van der Waals surface area (Å²) in [5.74, 6) is 0.822. The standard InChI is InChI=1S/C15H24N2S/c1-12(14-4-6-15(18-3)7-5-14)16-10-13-8-9-17(2)11-13/h4-7,12-13,16H,8-11H2,1-3H3. The molecule has 0 aromatic heterocycles. The first-order valence-electron chi connectivity index (χ1n) is 6.75. The first-order valence-corrected chi connectivity index (χ1v) is 7.97. The summed E-state index contributed by atoms with van der Waals surface area (Å²) in [6.45, 7) is 5.89. The number of hydrogen-bond acceptors (Lipinski definition) is 3. The first kappa shape index (κ1) is 13.9. The summed E-state index contributed by atoms with van der Waals surface area (Å²) in [4.78, 5) is 3.76. The van der Waals surface area contributed by atoms with Gasteiger partial charge < -0.3 is 10.2 Å². The molecule has 18 heavy (non-hydrogen) atoms. The maximum atomic E-state index is 3.67. The molecule has 0 amide bonds. The number of nitrogens with one attached hydrogen (secondary N) is 1. The van der Waals surface area contributed by atoms with Gasteiger partial charge in [-0.25, -0.2) is 0 Å². The molecule has 0 spiro atoms. The van der Waals surface area contributed by atoms with Crippen molar-refractivity contribution in [1.82, 2.24) is 10.2 Å². The normalized spacial score (nSPS) is 22.3. The van der Waals surface area contributed by atoms with E-state index in [0.29, 0.717) is 6.04 Å². The van der Waals surface area contributed by atoms with Crippen LogP contribution in [0.3, 0.4) is 0 Å². The van der Waals surface area contributed by atoms with Gasteiger partial charge in [0.2, 0.25) is 0 Å². The minimum absolute atomic E-state index is 0.451. The average Bonchev–Trinajstić information content (AvgIpc) is 2.82. The molecular weight excluding hydrogens is 240 g/mol. The first-order chi connectivity index (χ1) is 8.69. The van der Waals surface area contributed by atoms with Crippen molar-refractivity contribution in [3.05, 3.63) is 29.8 Å². The highest BCUT2D eigenvalue weighted by atomic mass is 32.2. The van der Waals surface area contributed by atoms with Crippen LogP contribution in [0.4, 0.5) is 0 Å². The predicted octanol–water partition coefficient (Wildman–Crippen LogP) is 3.01. The van der Waals surface area contributed by atoms with E-state index in [4.69, 9.17) is 0 Å². The third kappa shape index (κ3) is 3.74. The molecule has 2 rings (SSSR count). The zero-order chi connectivity index (χ0) is 13.0. The van der Waals surface area contributed by atoms with Gasteiger partial charge in [-0.3, -0.25) is 0 Å². The van der Waals surface area contributed by atoms with Crippen LogP contribution in [0.1, 0.15) is 24.9 Å². The van der Waals surface area contributed by atoms with Gasteiger partial charge in [-0.15, -0.1) is 11.8 Å². The number of likely N-dealkylation sites (tertiary alicyclic amines) is 1. The van der Waals surface area contributed by atoms with E-state index in [2.05, 4.69) is 54.7 Å². The highest BCUT2D eigenvalue weighted by Gasteiger charge is 2.19. The van der Waals surface area contributed by atoms with Gasteiger partial charge in [-0.1, -0.05) is 12.1 Å². The number of thioether (sulfide) groups is 1. The number of hydrogen-bond donors (Lipinski definition) is 1. The van der Waals surface area contributed by atoms with Crippen molar-refractivity contribution in [2.75, 3.05) is 32.9 Å². The summed E-state index contributed by atoms with van der Waals surface area (Å²) in [5, 5.41) is 3.67. The second-order valence-electron chi connectivity index (χ2n) is 5.32. The zero-order valence-corrected chi connectivity index (χ0v) is 12.5. The number of benzene rings is 1. The van der Waals surface area contributed by atoms with Crippen molar-refractivity contribution in [3.8, 4) is 0 Å². The zero-order valence-electron chi connectivity index (χ0n) is 11.6. The number of rotatable bonds is 5. The maximum Gasteiger partial charge on any atom is 0.0291 e. The lowest BCUT2D eigenvalue weighted by atomic mass is 10.1. The molecule has 0 saturated carbocycles. The Morgan fingerprint density at radius 1 is 1.39 bits per heavy atom. The SMILES string of the molecule is CSc1ccc(C(C)NCC2CCN(C)C2)cc1. The van der Waals surface area contributed by atoms with Crippen LogP contribution in [0, 0.1) is 5.92 Å². The van der Waals surface area contributed by atoms with E-state index in [1.54, 1.807) is 11.8 Å². The van der Waals surface area contributed by atoms with Crippen molar-refractivity contribution >= 4 is 11.8 Å². The number of nitrogens with zero attached hydrogens (tertiary/aromatic N) is 1. The average molecular weight is 264 g/mol.